The first-order valence-electron chi connectivity index (χ1n) is 8.72. The van der Waals surface area contributed by atoms with Crippen molar-refractivity contribution in [2.75, 3.05) is 19.6 Å². The number of piperidine rings is 1. The molecular weight excluding hydrogens is 318 g/mol. The minimum Gasteiger partial charge on any atom is -0.356 e. The van der Waals surface area contributed by atoms with Gasteiger partial charge in [0, 0.05) is 43.5 Å². The summed E-state index contributed by atoms with van der Waals surface area (Å²) in [4.78, 5) is 30.5. The molecule has 25 heavy (non-hydrogen) atoms. The van der Waals surface area contributed by atoms with Crippen LogP contribution in [-0.4, -0.2) is 51.5 Å². The summed E-state index contributed by atoms with van der Waals surface area (Å²) in [5.74, 6) is 0.0349. The van der Waals surface area contributed by atoms with E-state index in [0.29, 0.717) is 43.9 Å². The third-order valence-corrected chi connectivity index (χ3v) is 4.47. The highest BCUT2D eigenvalue weighted by atomic mass is 16.2. The molecule has 132 valence electrons. The second kappa shape index (κ2) is 7.92. The molecule has 3 rings (SSSR count). The fourth-order valence-corrected chi connectivity index (χ4v) is 3.00. The highest BCUT2D eigenvalue weighted by Gasteiger charge is 2.28. The molecule has 0 atom stereocenters. The van der Waals surface area contributed by atoms with Crippen molar-refractivity contribution < 1.29 is 9.59 Å². The molecule has 2 aromatic heterocycles. The van der Waals surface area contributed by atoms with Gasteiger partial charge in [-0.05, 0) is 37.5 Å². The number of nitrogens with zero attached hydrogens (tertiary/aromatic N) is 3. The van der Waals surface area contributed by atoms with Crippen molar-refractivity contribution in [3.8, 4) is 11.3 Å². The minimum absolute atomic E-state index is 0.00307. The summed E-state index contributed by atoms with van der Waals surface area (Å²) in [5.41, 5.74) is 2.03. The standard InChI is InChI=1S/C18H23N5O2/c1-2-7-20-17(24)13-5-9-23(10-6-13)18(25)16-11-15(21-22-16)14-4-3-8-19-12-14/h3-4,8,11-13H,2,5-7,9-10H2,1H3,(H,20,24)(H,21,22). The average Bonchev–Trinajstić information content (AvgIpc) is 3.16. The normalized spacial score (nSPS) is 15.2. The Morgan fingerprint density at radius 1 is 1.36 bits per heavy atom. The van der Waals surface area contributed by atoms with E-state index in [2.05, 4.69) is 20.5 Å². The number of nitrogens with one attached hydrogen (secondary N) is 2. The van der Waals surface area contributed by atoms with Gasteiger partial charge in [0.1, 0.15) is 5.69 Å². The zero-order valence-corrected chi connectivity index (χ0v) is 14.4. The highest BCUT2D eigenvalue weighted by molar-refractivity contribution is 5.93. The molecule has 1 aliphatic heterocycles. The number of H-pyrrole nitrogens is 1. The quantitative estimate of drug-likeness (QED) is 0.868. The summed E-state index contributed by atoms with van der Waals surface area (Å²) in [7, 11) is 0. The Kier molecular flexibility index (Phi) is 5.42. The molecule has 0 aromatic carbocycles. The number of aromatic amines is 1. The van der Waals surface area contributed by atoms with E-state index in [1.165, 1.54) is 0 Å². The summed E-state index contributed by atoms with van der Waals surface area (Å²) in [5, 5.41) is 9.95. The van der Waals surface area contributed by atoms with Crippen LogP contribution in [0.2, 0.25) is 0 Å². The molecule has 7 heteroatoms. The number of pyridine rings is 1. The van der Waals surface area contributed by atoms with Gasteiger partial charge in [0.15, 0.2) is 0 Å². The van der Waals surface area contributed by atoms with Crippen LogP contribution in [-0.2, 0) is 4.79 Å². The van der Waals surface area contributed by atoms with E-state index in [-0.39, 0.29) is 17.7 Å². The maximum atomic E-state index is 12.6. The number of rotatable bonds is 5. The van der Waals surface area contributed by atoms with Gasteiger partial charge in [-0.1, -0.05) is 6.92 Å². The zero-order valence-electron chi connectivity index (χ0n) is 14.4. The number of carbonyl (C=O) groups excluding carboxylic acids is 2. The SMILES string of the molecule is CCCNC(=O)C1CCN(C(=O)c2cc(-c3cccnc3)n[nH]2)CC1. The van der Waals surface area contributed by atoms with E-state index in [9.17, 15) is 9.59 Å². The number of likely N-dealkylation sites (tertiary alicyclic amines) is 1. The first-order chi connectivity index (χ1) is 12.2. The van der Waals surface area contributed by atoms with Gasteiger partial charge in [-0.3, -0.25) is 19.7 Å². The topological polar surface area (TPSA) is 91.0 Å². The first kappa shape index (κ1) is 17.1. The summed E-state index contributed by atoms with van der Waals surface area (Å²) in [6.07, 6.45) is 5.74. The molecule has 7 nitrogen and oxygen atoms in total. The summed E-state index contributed by atoms with van der Waals surface area (Å²) < 4.78 is 0. The maximum Gasteiger partial charge on any atom is 0.271 e. The Morgan fingerprint density at radius 3 is 2.84 bits per heavy atom. The van der Waals surface area contributed by atoms with Gasteiger partial charge < -0.3 is 10.2 Å². The predicted octanol–water partition coefficient (Wildman–Crippen LogP) is 1.85. The largest absolute Gasteiger partial charge is 0.356 e. The molecule has 0 radical (unpaired) electrons. The Hall–Kier alpha value is -2.70. The van der Waals surface area contributed by atoms with Crippen LogP contribution in [0, 0.1) is 5.92 Å². The molecule has 0 bridgehead atoms. The van der Waals surface area contributed by atoms with E-state index in [1.807, 2.05) is 19.1 Å². The maximum absolute atomic E-state index is 12.6. The fraction of sp³-hybridized carbons (Fsp3) is 0.444. The van der Waals surface area contributed by atoms with Crippen molar-refractivity contribution >= 4 is 11.8 Å². The van der Waals surface area contributed by atoms with Gasteiger partial charge in [0.05, 0.1) is 5.69 Å². The second-order valence-electron chi connectivity index (χ2n) is 6.27. The molecule has 0 aliphatic carbocycles. The third kappa shape index (κ3) is 4.04. The van der Waals surface area contributed by atoms with E-state index >= 15 is 0 Å². The highest BCUT2D eigenvalue weighted by Crippen LogP contribution is 2.21. The van der Waals surface area contributed by atoms with Crippen molar-refractivity contribution in [1.29, 1.82) is 0 Å². The lowest BCUT2D eigenvalue weighted by Gasteiger charge is -2.31. The van der Waals surface area contributed by atoms with Crippen LogP contribution < -0.4 is 5.32 Å². The van der Waals surface area contributed by atoms with Crippen LogP contribution >= 0.6 is 0 Å². The van der Waals surface area contributed by atoms with Crippen LogP contribution in [0.5, 0.6) is 0 Å². The predicted molar refractivity (Wildman–Crippen MR) is 93.7 cm³/mol. The zero-order chi connectivity index (χ0) is 17.6. The van der Waals surface area contributed by atoms with Crippen LogP contribution in [0.1, 0.15) is 36.7 Å². The molecule has 2 amide bonds. The lowest BCUT2D eigenvalue weighted by atomic mass is 9.95. The fourth-order valence-electron chi connectivity index (χ4n) is 3.00. The van der Waals surface area contributed by atoms with E-state index in [1.54, 1.807) is 23.4 Å². The average molecular weight is 341 g/mol. The summed E-state index contributed by atoms with van der Waals surface area (Å²) in [6, 6.07) is 5.48. The first-order valence-corrected chi connectivity index (χ1v) is 8.72. The smallest absolute Gasteiger partial charge is 0.271 e. The molecule has 1 saturated heterocycles. The molecule has 2 aromatic rings. The van der Waals surface area contributed by atoms with E-state index in [4.69, 9.17) is 0 Å². The monoisotopic (exact) mass is 341 g/mol. The molecule has 0 saturated carbocycles. The van der Waals surface area contributed by atoms with Crippen molar-refractivity contribution in [2.45, 2.75) is 26.2 Å². The van der Waals surface area contributed by atoms with Gasteiger partial charge in [0.2, 0.25) is 5.91 Å². The Balaban J connectivity index is 1.58. The molecule has 1 aliphatic rings. The van der Waals surface area contributed by atoms with Crippen LogP contribution in [0.15, 0.2) is 30.6 Å². The van der Waals surface area contributed by atoms with Crippen LogP contribution in [0.4, 0.5) is 0 Å². The molecule has 2 N–H and O–H groups in total. The Labute approximate surface area is 146 Å². The van der Waals surface area contributed by atoms with Crippen molar-refractivity contribution in [3.63, 3.8) is 0 Å². The number of amides is 2. The Bertz CT molecular complexity index is 720. The summed E-state index contributed by atoms with van der Waals surface area (Å²) in [6.45, 7) is 3.92. The number of hydrogen-bond donors (Lipinski definition) is 2. The molecule has 0 spiro atoms. The van der Waals surface area contributed by atoms with Gasteiger partial charge >= 0.3 is 0 Å². The second-order valence-corrected chi connectivity index (χ2v) is 6.27. The van der Waals surface area contributed by atoms with Gasteiger partial charge in [-0.25, -0.2) is 0 Å². The third-order valence-electron chi connectivity index (χ3n) is 4.47. The Morgan fingerprint density at radius 2 is 2.16 bits per heavy atom. The molecule has 3 heterocycles. The number of aromatic nitrogens is 3. The van der Waals surface area contributed by atoms with Gasteiger partial charge in [-0.2, -0.15) is 5.10 Å². The number of carbonyl (C=O) groups is 2. The van der Waals surface area contributed by atoms with Crippen LogP contribution in [0.25, 0.3) is 11.3 Å². The van der Waals surface area contributed by atoms with Crippen molar-refractivity contribution in [2.24, 2.45) is 5.92 Å². The molecule has 1 fully saturated rings. The van der Waals surface area contributed by atoms with Crippen molar-refractivity contribution in [1.82, 2.24) is 25.4 Å². The van der Waals surface area contributed by atoms with Crippen LogP contribution in [0.3, 0.4) is 0 Å². The van der Waals surface area contributed by atoms with Crippen molar-refractivity contribution in [3.05, 3.63) is 36.3 Å². The van der Waals surface area contributed by atoms with E-state index < -0.39 is 0 Å². The lowest BCUT2D eigenvalue weighted by Crippen LogP contribution is -2.43. The molecule has 0 unspecified atom stereocenters. The summed E-state index contributed by atoms with van der Waals surface area (Å²) >= 11 is 0. The van der Waals surface area contributed by atoms with Gasteiger partial charge in [-0.15, -0.1) is 0 Å². The van der Waals surface area contributed by atoms with E-state index in [0.717, 1.165) is 12.0 Å². The molecular formula is C18H23N5O2. The minimum atomic E-state index is -0.0740. The van der Waals surface area contributed by atoms with Gasteiger partial charge in [0.25, 0.3) is 5.91 Å². The lowest BCUT2D eigenvalue weighted by molar-refractivity contribution is -0.126. The number of hydrogen-bond acceptors (Lipinski definition) is 4.